The molecule has 0 spiro atoms. The summed E-state index contributed by atoms with van der Waals surface area (Å²) in [6.07, 6.45) is 3.23. The monoisotopic (exact) mass is 220 g/mol. The number of amides is 1. The van der Waals surface area contributed by atoms with E-state index in [2.05, 4.69) is 10.3 Å². The van der Waals surface area contributed by atoms with Crippen molar-refractivity contribution in [2.24, 2.45) is 5.92 Å². The second-order valence-corrected chi connectivity index (χ2v) is 3.84. The Balaban J connectivity index is 1.89. The van der Waals surface area contributed by atoms with Crippen LogP contribution in [0.3, 0.4) is 0 Å². The molecule has 1 aliphatic rings. The molecule has 2 N–H and O–H groups in total. The SMILES string of the molecule is O=C(O)c1ccc(CNC(=O)C2CC2)nc1. The lowest BCUT2D eigenvalue weighted by Gasteiger charge is -2.03. The zero-order chi connectivity index (χ0) is 11.5. The van der Waals surface area contributed by atoms with Crippen molar-refractivity contribution in [3.63, 3.8) is 0 Å². The minimum absolute atomic E-state index is 0.0594. The molecule has 1 saturated carbocycles. The van der Waals surface area contributed by atoms with Gasteiger partial charge in [0.2, 0.25) is 5.91 Å². The van der Waals surface area contributed by atoms with Gasteiger partial charge in [-0.2, -0.15) is 0 Å². The van der Waals surface area contributed by atoms with Gasteiger partial charge in [0, 0.05) is 12.1 Å². The molecule has 1 aliphatic carbocycles. The first-order valence-corrected chi connectivity index (χ1v) is 5.13. The fraction of sp³-hybridized carbons (Fsp3) is 0.364. The molecule has 0 aromatic carbocycles. The lowest BCUT2D eigenvalue weighted by atomic mass is 10.2. The molecule has 0 aliphatic heterocycles. The van der Waals surface area contributed by atoms with E-state index in [4.69, 9.17) is 5.11 Å². The van der Waals surface area contributed by atoms with Crippen LogP contribution in [0, 0.1) is 5.92 Å². The first-order chi connectivity index (χ1) is 7.66. The highest BCUT2D eigenvalue weighted by Crippen LogP contribution is 2.28. The summed E-state index contributed by atoms with van der Waals surface area (Å²) in [6.45, 7) is 0.356. The molecule has 0 saturated heterocycles. The Labute approximate surface area is 92.5 Å². The predicted octanol–water partition coefficient (Wildman–Crippen LogP) is 0.806. The van der Waals surface area contributed by atoms with Crippen molar-refractivity contribution in [3.8, 4) is 0 Å². The zero-order valence-electron chi connectivity index (χ0n) is 8.64. The Morgan fingerprint density at radius 2 is 2.19 bits per heavy atom. The van der Waals surface area contributed by atoms with Gasteiger partial charge in [-0.05, 0) is 25.0 Å². The fourth-order valence-electron chi connectivity index (χ4n) is 1.32. The van der Waals surface area contributed by atoms with Gasteiger partial charge >= 0.3 is 5.97 Å². The summed E-state index contributed by atoms with van der Waals surface area (Å²) >= 11 is 0. The molecule has 1 amide bonds. The minimum Gasteiger partial charge on any atom is -0.478 e. The molecule has 0 bridgehead atoms. The van der Waals surface area contributed by atoms with Crippen molar-refractivity contribution in [1.82, 2.24) is 10.3 Å². The standard InChI is InChI=1S/C11H12N2O3/c14-10(7-1-2-7)13-6-9-4-3-8(5-12-9)11(15)16/h3-5,7H,1-2,6H2,(H,13,14)(H,15,16). The molecular weight excluding hydrogens is 208 g/mol. The predicted molar refractivity (Wildman–Crippen MR) is 55.8 cm³/mol. The first kappa shape index (κ1) is 10.6. The van der Waals surface area contributed by atoms with Crippen molar-refractivity contribution < 1.29 is 14.7 Å². The average Bonchev–Trinajstić information content (AvgIpc) is 3.10. The minimum atomic E-state index is -0.999. The van der Waals surface area contributed by atoms with E-state index >= 15 is 0 Å². The highest BCUT2D eigenvalue weighted by Gasteiger charge is 2.29. The van der Waals surface area contributed by atoms with E-state index in [1.807, 2.05) is 0 Å². The van der Waals surface area contributed by atoms with Crippen molar-refractivity contribution >= 4 is 11.9 Å². The van der Waals surface area contributed by atoms with E-state index in [-0.39, 0.29) is 17.4 Å². The Hall–Kier alpha value is -1.91. The lowest BCUT2D eigenvalue weighted by molar-refractivity contribution is -0.122. The van der Waals surface area contributed by atoms with Crippen molar-refractivity contribution in [2.45, 2.75) is 19.4 Å². The van der Waals surface area contributed by atoms with Crippen LogP contribution in [-0.2, 0) is 11.3 Å². The number of carboxylic acid groups (broad SMARTS) is 1. The molecule has 5 heteroatoms. The Morgan fingerprint density at radius 1 is 1.44 bits per heavy atom. The number of hydrogen-bond acceptors (Lipinski definition) is 3. The summed E-state index contributed by atoms with van der Waals surface area (Å²) in [6, 6.07) is 3.09. The van der Waals surface area contributed by atoms with Crippen molar-refractivity contribution in [1.29, 1.82) is 0 Å². The third kappa shape index (κ3) is 2.56. The second-order valence-electron chi connectivity index (χ2n) is 3.84. The van der Waals surface area contributed by atoms with Gasteiger partial charge in [-0.3, -0.25) is 9.78 Å². The van der Waals surface area contributed by atoms with E-state index in [1.54, 1.807) is 6.07 Å². The van der Waals surface area contributed by atoms with Gasteiger partial charge in [0.05, 0.1) is 17.8 Å². The number of aromatic nitrogens is 1. The first-order valence-electron chi connectivity index (χ1n) is 5.13. The maximum atomic E-state index is 11.3. The van der Waals surface area contributed by atoms with Gasteiger partial charge in [-0.15, -0.1) is 0 Å². The molecule has 84 valence electrons. The van der Waals surface area contributed by atoms with Crippen molar-refractivity contribution in [3.05, 3.63) is 29.6 Å². The largest absolute Gasteiger partial charge is 0.478 e. The van der Waals surface area contributed by atoms with Crippen LogP contribution in [0.15, 0.2) is 18.3 Å². The molecule has 0 radical (unpaired) electrons. The molecule has 1 aromatic heterocycles. The molecular formula is C11H12N2O3. The van der Waals surface area contributed by atoms with E-state index < -0.39 is 5.97 Å². The van der Waals surface area contributed by atoms with Crippen LogP contribution in [0.25, 0.3) is 0 Å². The fourth-order valence-corrected chi connectivity index (χ4v) is 1.32. The third-order valence-corrected chi connectivity index (χ3v) is 2.46. The Kier molecular flexibility index (Phi) is 2.85. The number of rotatable bonds is 4. The van der Waals surface area contributed by atoms with Gasteiger partial charge in [0.25, 0.3) is 0 Å². The smallest absolute Gasteiger partial charge is 0.337 e. The molecule has 1 fully saturated rings. The number of pyridine rings is 1. The summed E-state index contributed by atoms with van der Waals surface area (Å²) in [5.74, 6) is -0.761. The topological polar surface area (TPSA) is 79.3 Å². The molecule has 1 heterocycles. The maximum Gasteiger partial charge on any atom is 0.337 e. The van der Waals surface area contributed by atoms with Crippen LogP contribution in [0.4, 0.5) is 0 Å². The normalized spacial score (nSPS) is 14.5. The Morgan fingerprint density at radius 3 is 2.69 bits per heavy atom. The highest BCUT2D eigenvalue weighted by molar-refractivity contribution is 5.87. The van der Waals surface area contributed by atoms with E-state index in [9.17, 15) is 9.59 Å². The van der Waals surface area contributed by atoms with Gasteiger partial charge < -0.3 is 10.4 Å². The molecule has 2 rings (SSSR count). The van der Waals surface area contributed by atoms with Gasteiger partial charge in [-0.25, -0.2) is 4.79 Å². The van der Waals surface area contributed by atoms with E-state index in [1.165, 1.54) is 12.3 Å². The summed E-state index contributed by atoms with van der Waals surface area (Å²) in [7, 11) is 0. The van der Waals surface area contributed by atoms with Crippen LogP contribution in [-0.4, -0.2) is 22.0 Å². The average molecular weight is 220 g/mol. The third-order valence-electron chi connectivity index (χ3n) is 2.46. The highest BCUT2D eigenvalue weighted by atomic mass is 16.4. The molecule has 1 aromatic rings. The Bertz CT molecular complexity index is 410. The lowest BCUT2D eigenvalue weighted by Crippen LogP contribution is -2.24. The quantitative estimate of drug-likeness (QED) is 0.786. The summed E-state index contributed by atoms with van der Waals surface area (Å²) < 4.78 is 0. The number of aromatic carboxylic acids is 1. The number of nitrogens with one attached hydrogen (secondary N) is 1. The van der Waals surface area contributed by atoms with E-state index in [0.29, 0.717) is 12.2 Å². The maximum absolute atomic E-state index is 11.3. The number of nitrogens with zero attached hydrogens (tertiary/aromatic N) is 1. The number of hydrogen-bond donors (Lipinski definition) is 2. The zero-order valence-corrected chi connectivity index (χ0v) is 8.64. The van der Waals surface area contributed by atoms with Crippen LogP contribution < -0.4 is 5.32 Å². The summed E-state index contributed by atoms with van der Waals surface area (Å²) in [5, 5.41) is 11.4. The van der Waals surface area contributed by atoms with Crippen LogP contribution in [0.1, 0.15) is 28.9 Å². The molecule has 5 nitrogen and oxygen atoms in total. The summed E-state index contributed by atoms with van der Waals surface area (Å²) in [5.41, 5.74) is 0.816. The number of carbonyl (C=O) groups is 2. The number of carboxylic acids is 1. The van der Waals surface area contributed by atoms with Crippen molar-refractivity contribution in [2.75, 3.05) is 0 Å². The number of carbonyl (C=O) groups excluding carboxylic acids is 1. The molecule has 16 heavy (non-hydrogen) atoms. The van der Waals surface area contributed by atoms with Crippen LogP contribution in [0.5, 0.6) is 0 Å². The van der Waals surface area contributed by atoms with E-state index in [0.717, 1.165) is 12.8 Å². The van der Waals surface area contributed by atoms with Crippen LogP contribution in [0.2, 0.25) is 0 Å². The van der Waals surface area contributed by atoms with Gasteiger partial charge in [0.15, 0.2) is 0 Å². The van der Waals surface area contributed by atoms with Crippen LogP contribution >= 0.6 is 0 Å². The second kappa shape index (κ2) is 4.30. The van der Waals surface area contributed by atoms with Gasteiger partial charge in [0.1, 0.15) is 0 Å². The molecule has 0 atom stereocenters. The molecule has 0 unspecified atom stereocenters. The summed E-state index contributed by atoms with van der Waals surface area (Å²) in [4.78, 5) is 25.8. The van der Waals surface area contributed by atoms with Gasteiger partial charge in [-0.1, -0.05) is 0 Å².